The molecule has 1 N–H and O–H groups in total. The summed E-state index contributed by atoms with van der Waals surface area (Å²) >= 11 is 0. The maximum absolute atomic E-state index is 12.0. The first-order valence-electron chi connectivity index (χ1n) is 6.70. The number of amides is 2. The number of carbonyl (C=O) groups is 1. The van der Waals surface area contributed by atoms with Crippen molar-refractivity contribution in [1.82, 2.24) is 9.80 Å². The van der Waals surface area contributed by atoms with E-state index < -0.39 is 0 Å². The van der Waals surface area contributed by atoms with Crippen molar-refractivity contribution in [1.29, 1.82) is 0 Å². The predicted molar refractivity (Wildman–Crippen MR) is 66.7 cm³/mol. The van der Waals surface area contributed by atoms with Crippen LogP contribution < -0.4 is 0 Å². The van der Waals surface area contributed by atoms with E-state index in [0.717, 1.165) is 32.4 Å². The Hall–Kier alpha value is -0.770. The van der Waals surface area contributed by atoms with Gasteiger partial charge in [0.15, 0.2) is 0 Å². The first-order chi connectivity index (χ1) is 8.00. The average Bonchev–Trinajstić information content (AvgIpc) is 2.59. The monoisotopic (exact) mass is 240 g/mol. The molecule has 1 aliphatic heterocycles. The van der Waals surface area contributed by atoms with Gasteiger partial charge in [-0.15, -0.1) is 0 Å². The topological polar surface area (TPSA) is 43.8 Å². The fraction of sp³-hybridized carbons (Fsp3) is 0.923. The van der Waals surface area contributed by atoms with E-state index in [1.807, 2.05) is 11.9 Å². The molecule has 2 amide bonds. The van der Waals surface area contributed by atoms with Crippen molar-refractivity contribution in [2.75, 3.05) is 20.1 Å². The van der Waals surface area contributed by atoms with Gasteiger partial charge in [-0.2, -0.15) is 0 Å². The second-order valence-corrected chi connectivity index (χ2v) is 5.84. The molecule has 0 spiro atoms. The molecule has 2 aliphatic rings. The molecule has 4 nitrogen and oxygen atoms in total. The smallest absolute Gasteiger partial charge is 0.320 e. The number of nitrogens with zero attached hydrogens (tertiary/aromatic N) is 2. The summed E-state index contributed by atoms with van der Waals surface area (Å²) in [7, 11) is 1.85. The van der Waals surface area contributed by atoms with Crippen LogP contribution in [0.3, 0.4) is 0 Å². The van der Waals surface area contributed by atoms with E-state index in [2.05, 4.69) is 13.8 Å². The van der Waals surface area contributed by atoms with E-state index >= 15 is 0 Å². The minimum absolute atomic E-state index is 0.134. The molecule has 0 radical (unpaired) electrons. The molecule has 1 aliphatic carbocycles. The summed E-state index contributed by atoms with van der Waals surface area (Å²) < 4.78 is 0. The van der Waals surface area contributed by atoms with E-state index in [4.69, 9.17) is 0 Å². The molecule has 17 heavy (non-hydrogen) atoms. The molecule has 0 aromatic rings. The highest BCUT2D eigenvalue weighted by Gasteiger charge is 2.40. The highest BCUT2D eigenvalue weighted by Crippen LogP contribution is 2.35. The quantitative estimate of drug-likeness (QED) is 0.795. The van der Waals surface area contributed by atoms with Crippen LogP contribution in [-0.2, 0) is 0 Å². The second kappa shape index (κ2) is 4.84. The molecular weight excluding hydrogens is 216 g/mol. The van der Waals surface area contributed by atoms with Crippen LogP contribution in [0.1, 0.15) is 33.1 Å². The summed E-state index contributed by atoms with van der Waals surface area (Å²) in [6.07, 6.45) is 2.45. The number of hydrogen-bond acceptors (Lipinski definition) is 2. The molecule has 0 aromatic heterocycles. The largest absolute Gasteiger partial charge is 0.393 e. The molecule has 0 aromatic carbocycles. The van der Waals surface area contributed by atoms with Crippen LogP contribution in [0.2, 0.25) is 0 Å². The van der Waals surface area contributed by atoms with E-state index in [-0.39, 0.29) is 18.2 Å². The number of rotatable bonds is 2. The standard InChI is InChI=1S/C13H24N2O2/c1-9(2)11-5-4-10(16)8-12(11)15-7-6-14(3)13(15)17/h9-12,16H,4-8H2,1-3H3. The molecule has 98 valence electrons. The third kappa shape index (κ3) is 2.41. The van der Waals surface area contributed by atoms with E-state index in [1.54, 1.807) is 4.90 Å². The first kappa shape index (κ1) is 12.7. The zero-order valence-corrected chi connectivity index (χ0v) is 11.1. The van der Waals surface area contributed by atoms with Crippen molar-refractivity contribution in [3.05, 3.63) is 0 Å². The first-order valence-corrected chi connectivity index (χ1v) is 6.70. The summed E-state index contributed by atoms with van der Waals surface area (Å²) in [4.78, 5) is 15.8. The SMILES string of the molecule is CC(C)C1CCC(O)CC1N1CCN(C)C1=O. The maximum atomic E-state index is 12.0. The summed E-state index contributed by atoms with van der Waals surface area (Å²) in [6.45, 7) is 6.07. The Kier molecular flexibility index (Phi) is 3.61. The van der Waals surface area contributed by atoms with Crippen LogP contribution in [-0.4, -0.2) is 53.2 Å². The van der Waals surface area contributed by atoms with Crippen molar-refractivity contribution in [3.63, 3.8) is 0 Å². The summed E-state index contributed by atoms with van der Waals surface area (Å²) in [5.74, 6) is 1.11. The molecule has 1 heterocycles. The van der Waals surface area contributed by atoms with E-state index in [9.17, 15) is 9.90 Å². The van der Waals surface area contributed by atoms with Gasteiger partial charge in [0.1, 0.15) is 0 Å². The Morgan fingerprint density at radius 2 is 2.00 bits per heavy atom. The fourth-order valence-corrected chi connectivity index (χ4v) is 3.26. The van der Waals surface area contributed by atoms with Gasteiger partial charge in [0.25, 0.3) is 0 Å². The van der Waals surface area contributed by atoms with Crippen LogP contribution >= 0.6 is 0 Å². The molecule has 0 bridgehead atoms. The summed E-state index contributed by atoms with van der Waals surface area (Å²) in [6, 6.07) is 0.367. The van der Waals surface area contributed by atoms with Crippen LogP contribution in [0.25, 0.3) is 0 Å². The van der Waals surface area contributed by atoms with Gasteiger partial charge in [0.05, 0.1) is 6.10 Å². The van der Waals surface area contributed by atoms with Gasteiger partial charge in [-0.25, -0.2) is 4.79 Å². The lowest BCUT2D eigenvalue weighted by atomic mass is 9.76. The summed E-state index contributed by atoms with van der Waals surface area (Å²) in [5.41, 5.74) is 0. The number of aliphatic hydroxyl groups excluding tert-OH is 1. The maximum Gasteiger partial charge on any atom is 0.320 e. The van der Waals surface area contributed by atoms with Crippen molar-refractivity contribution in [2.45, 2.75) is 45.3 Å². The molecule has 1 saturated heterocycles. The van der Waals surface area contributed by atoms with Gasteiger partial charge in [-0.05, 0) is 31.1 Å². The zero-order chi connectivity index (χ0) is 12.6. The van der Waals surface area contributed by atoms with Crippen molar-refractivity contribution < 1.29 is 9.90 Å². The van der Waals surface area contributed by atoms with Crippen LogP contribution in [0.4, 0.5) is 4.79 Å². The second-order valence-electron chi connectivity index (χ2n) is 5.84. The molecule has 1 saturated carbocycles. The number of hydrogen-bond donors (Lipinski definition) is 1. The van der Waals surface area contributed by atoms with Crippen molar-refractivity contribution in [3.8, 4) is 0 Å². The fourth-order valence-electron chi connectivity index (χ4n) is 3.26. The highest BCUT2D eigenvalue weighted by atomic mass is 16.3. The van der Waals surface area contributed by atoms with Crippen LogP contribution in [0.5, 0.6) is 0 Å². The Morgan fingerprint density at radius 3 is 2.53 bits per heavy atom. The zero-order valence-electron chi connectivity index (χ0n) is 11.1. The lowest BCUT2D eigenvalue weighted by Gasteiger charge is -2.41. The highest BCUT2D eigenvalue weighted by molar-refractivity contribution is 5.76. The predicted octanol–water partition coefficient (Wildman–Crippen LogP) is 1.54. The number of carbonyl (C=O) groups excluding carboxylic acids is 1. The van der Waals surface area contributed by atoms with Gasteiger partial charge in [-0.3, -0.25) is 0 Å². The van der Waals surface area contributed by atoms with Gasteiger partial charge in [0, 0.05) is 26.2 Å². The van der Waals surface area contributed by atoms with Gasteiger partial charge >= 0.3 is 6.03 Å². The van der Waals surface area contributed by atoms with Crippen molar-refractivity contribution in [2.24, 2.45) is 11.8 Å². The Labute approximate surface area is 104 Å². The molecular formula is C13H24N2O2. The summed E-state index contributed by atoms with van der Waals surface area (Å²) in [5, 5.41) is 9.84. The minimum atomic E-state index is -0.228. The average molecular weight is 240 g/mol. The minimum Gasteiger partial charge on any atom is -0.393 e. The lowest BCUT2D eigenvalue weighted by Crippen LogP contribution is -2.48. The Bertz CT molecular complexity index is 293. The normalized spacial score (nSPS) is 34.9. The van der Waals surface area contributed by atoms with E-state index in [0.29, 0.717) is 11.8 Å². The molecule has 3 atom stereocenters. The number of aliphatic hydroxyl groups is 1. The Balaban J connectivity index is 2.12. The van der Waals surface area contributed by atoms with Crippen LogP contribution in [0.15, 0.2) is 0 Å². The molecule has 2 fully saturated rings. The van der Waals surface area contributed by atoms with Gasteiger partial charge < -0.3 is 14.9 Å². The third-order valence-electron chi connectivity index (χ3n) is 4.35. The molecule has 4 heteroatoms. The van der Waals surface area contributed by atoms with Gasteiger partial charge in [-0.1, -0.05) is 13.8 Å². The Morgan fingerprint density at radius 1 is 1.29 bits per heavy atom. The lowest BCUT2D eigenvalue weighted by molar-refractivity contribution is 0.0329. The van der Waals surface area contributed by atoms with Gasteiger partial charge in [0.2, 0.25) is 0 Å². The van der Waals surface area contributed by atoms with Crippen LogP contribution in [0, 0.1) is 11.8 Å². The third-order valence-corrected chi connectivity index (χ3v) is 4.35. The molecule has 2 rings (SSSR count). The van der Waals surface area contributed by atoms with Crippen molar-refractivity contribution >= 4 is 6.03 Å². The number of likely N-dealkylation sites (N-methyl/N-ethyl adjacent to an activating group) is 1. The molecule has 3 unspecified atom stereocenters. The van der Waals surface area contributed by atoms with E-state index in [1.165, 1.54) is 0 Å². The number of urea groups is 1.